The van der Waals surface area contributed by atoms with Crippen LogP contribution in [0.5, 0.6) is 11.5 Å². The lowest BCUT2D eigenvalue weighted by atomic mass is 9.98. The molecule has 0 amide bonds. The van der Waals surface area contributed by atoms with Crippen molar-refractivity contribution in [1.82, 2.24) is 9.80 Å². The van der Waals surface area contributed by atoms with Crippen molar-refractivity contribution in [3.8, 4) is 11.5 Å². The van der Waals surface area contributed by atoms with Crippen molar-refractivity contribution in [1.29, 1.82) is 0 Å². The molecule has 1 fully saturated rings. The summed E-state index contributed by atoms with van der Waals surface area (Å²) < 4.78 is 11.1. The predicted molar refractivity (Wildman–Crippen MR) is 94.2 cm³/mol. The van der Waals surface area contributed by atoms with Gasteiger partial charge in [0.2, 0.25) is 0 Å². The fourth-order valence-electron chi connectivity index (χ4n) is 3.36. The lowest BCUT2D eigenvalue weighted by Gasteiger charge is -2.39. The first-order valence-corrected chi connectivity index (χ1v) is 8.52. The molecule has 0 aromatic heterocycles. The number of piperidine rings is 1. The highest BCUT2D eigenvalue weighted by Crippen LogP contribution is 2.33. The van der Waals surface area contributed by atoms with Crippen molar-refractivity contribution in [3.63, 3.8) is 0 Å². The Morgan fingerprint density at radius 1 is 1.30 bits per heavy atom. The summed E-state index contributed by atoms with van der Waals surface area (Å²) in [5.41, 5.74) is 7.29. The lowest BCUT2D eigenvalue weighted by molar-refractivity contribution is 0.109. The van der Waals surface area contributed by atoms with E-state index in [1.807, 2.05) is 13.0 Å². The predicted octanol–water partition coefficient (Wildman–Crippen LogP) is 2.12. The van der Waals surface area contributed by atoms with E-state index in [0.29, 0.717) is 19.2 Å². The summed E-state index contributed by atoms with van der Waals surface area (Å²) in [6.07, 6.45) is 2.38. The van der Waals surface area contributed by atoms with Gasteiger partial charge in [-0.1, -0.05) is 6.07 Å². The second-order valence-corrected chi connectivity index (χ2v) is 6.29. The van der Waals surface area contributed by atoms with E-state index in [2.05, 4.69) is 36.0 Å². The quantitative estimate of drug-likeness (QED) is 0.834. The zero-order valence-corrected chi connectivity index (χ0v) is 14.9. The largest absolute Gasteiger partial charge is 0.493 e. The Hall–Kier alpha value is -1.30. The van der Waals surface area contributed by atoms with Crippen LogP contribution >= 0.6 is 0 Å². The molecular formula is C18H31N3O2. The molecule has 1 aromatic carbocycles. The summed E-state index contributed by atoms with van der Waals surface area (Å²) in [4.78, 5) is 4.82. The van der Waals surface area contributed by atoms with Gasteiger partial charge < -0.3 is 20.1 Å². The van der Waals surface area contributed by atoms with Gasteiger partial charge in [-0.15, -0.1) is 0 Å². The molecule has 2 rings (SSSR count). The van der Waals surface area contributed by atoms with Gasteiger partial charge in [0.15, 0.2) is 11.5 Å². The highest BCUT2D eigenvalue weighted by Gasteiger charge is 2.26. The number of ether oxygens (including phenoxy) is 2. The molecular weight excluding hydrogens is 290 g/mol. The number of methoxy groups -OCH3 is 1. The monoisotopic (exact) mass is 321 g/mol. The molecule has 1 aromatic rings. The maximum Gasteiger partial charge on any atom is 0.161 e. The molecule has 1 aliphatic heterocycles. The molecule has 1 heterocycles. The van der Waals surface area contributed by atoms with Crippen LogP contribution in [0.25, 0.3) is 0 Å². The third-order valence-electron chi connectivity index (χ3n) is 4.85. The topological polar surface area (TPSA) is 51.0 Å². The van der Waals surface area contributed by atoms with Gasteiger partial charge in [-0.3, -0.25) is 4.90 Å². The fraction of sp³-hybridized carbons (Fsp3) is 0.667. The maximum absolute atomic E-state index is 6.10. The van der Waals surface area contributed by atoms with E-state index >= 15 is 0 Å². The molecule has 0 saturated carbocycles. The molecule has 0 bridgehead atoms. The number of likely N-dealkylation sites (tertiary alicyclic amines) is 1. The summed E-state index contributed by atoms with van der Waals surface area (Å²) in [5, 5.41) is 0. The van der Waals surface area contributed by atoms with Crippen LogP contribution in [0.3, 0.4) is 0 Å². The second kappa shape index (κ2) is 8.52. The van der Waals surface area contributed by atoms with Crippen LogP contribution in [-0.2, 0) is 0 Å². The molecule has 0 radical (unpaired) electrons. The number of nitrogens with zero attached hydrogens (tertiary/aromatic N) is 2. The van der Waals surface area contributed by atoms with E-state index in [-0.39, 0.29) is 6.04 Å². The molecule has 1 aliphatic rings. The first kappa shape index (κ1) is 18.0. The Bertz CT molecular complexity index is 487. The van der Waals surface area contributed by atoms with Crippen molar-refractivity contribution in [3.05, 3.63) is 23.8 Å². The minimum absolute atomic E-state index is 0.202. The number of nitrogens with two attached hydrogens (primary N) is 1. The number of benzene rings is 1. The van der Waals surface area contributed by atoms with Gasteiger partial charge in [-0.25, -0.2) is 0 Å². The smallest absolute Gasteiger partial charge is 0.161 e. The number of likely N-dealkylation sites (N-methyl/N-ethyl adjacent to an activating group) is 1. The Morgan fingerprint density at radius 3 is 2.57 bits per heavy atom. The van der Waals surface area contributed by atoms with Gasteiger partial charge >= 0.3 is 0 Å². The van der Waals surface area contributed by atoms with Gasteiger partial charge in [0.1, 0.15) is 0 Å². The summed E-state index contributed by atoms with van der Waals surface area (Å²) in [6.45, 7) is 5.51. The van der Waals surface area contributed by atoms with Crippen LogP contribution in [0, 0.1) is 0 Å². The molecule has 5 nitrogen and oxygen atoms in total. The molecule has 1 atom stereocenters. The zero-order valence-electron chi connectivity index (χ0n) is 14.9. The summed E-state index contributed by atoms with van der Waals surface area (Å²) in [6, 6.07) is 6.94. The molecule has 1 saturated heterocycles. The maximum atomic E-state index is 6.10. The molecule has 0 aliphatic carbocycles. The van der Waals surface area contributed by atoms with Gasteiger partial charge in [0, 0.05) is 18.6 Å². The van der Waals surface area contributed by atoms with Crippen molar-refractivity contribution in [2.24, 2.45) is 5.73 Å². The van der Waals surface area contributed by atoms with Crippen LogP contribution in [0.2, 0.25) is 0 Å². The van der Waals surface area contributed by atoms with Crippen LogP contribution in [0.4, 0.5) is 0 Å². The second-order valence-electron chi connectivity index (χ2n) is 6.29. The number of rotatable bonds is 7. The number of hydrogen-bond donors (Lipinski definition) is 1. The molecule has 23 heavy (non-hydrogen) atoms. The third kappa shape index (κ3) is 4.37. The van der Waals surface area contributed by atoms with Crippen molar-refractivity contribution in [2.75, 3.05) is 47.4 Å². The van der Waals surface area contributed by atoms with Crippen LogP contribution in [0.15, 0.2) is 18.2 Å². The van der Waals surface area contributed by atoms with Crippen LogP contribution in [-0.4, -0.2) is 63.3 Å². The molecule has 1 unspecified atom stereocenters. The summed E-state index contributed by atoms with van der Waals surface area (Å²) in [7, 11) is 6.06. The Labute approximate surface area is 140 Å². The summed E-state index contributed by atoms with van der Waals surface area (Å²) in [5.74, 6) is 1.57. The van der Waals surface area contributed by atoms with E-state index in [1.165, 1.54) is 18.4 Å². The average molecular weight is 321 g/mol. The van der Waals surface area contributed by atoms with E-state index < -0.39 is 0 Å². The van der Waals surface area contributed by atoms with E-state index in [9.17, 15) is 0 Å². The molecule has 0 spiro atoms. The zero-order chi connectivity index (χ0) is 16.8. The SMILES string of the molecule is CCOc1ccc(C(CN)N(C)C2CCN(C)CC2)cc1OC. The first-order chi connectivity index (χ1) is 11.1. The number of hydrogen-bond acceptors (Lipinski definition) is 5. The minimum atomic E-state index is 0.202. The van der Waals surface area contributed by atoms with Crippen molar-refractivity contribution >= 4 is 0 Å². The van der Waals surface area contributed by atoms with E-state index in [1.54, 1.807) is 7.11 Å². The van der Waals surface area contributed by atoms with Gasteiger partial charge in [0.25, 0.3) is 0 Å². The first-order valence-electron chi connectivity index (χ1n) is 8.52. The highest BCUT2D eigenvalue weighted by atomic mass is 16.5. The molecule has 130 valence electrons. The third-order valence-corrected chi connectivity index (χ3v) is 4.85. The fourth-order valence-corrected chi connectivity index (χ4v) is 3.36. The standard InChI is InChI=1S/C18H31N3O2/c1-5-23-17-7-6-14(12-18(17)22-4)16(13-19)21(3)15-8-10-20(2)11-9-15/h6-7,12,15-16H,5,8-11,13,19H2,1-4H3. The normalized spacial score (nSPS) is 18.2. The van der Waals surface area contributed by atoms with Gasteiger partial charge in [-0.05, 0) is 64.6 Å². The van der Waals surface area contributed by atoms with E-state index in [4.69, 9.17) is 15.2 Å². The Kier molecular flexibility index (Phi) is 6.69. The summed E-state index contributed by atoms with van der Waals surface area (Å²) >= 11 is 0. The molecule has 5 heteroatoms. The van der Waals surface area contributed by atoms with Gasteiger partial charge in [0.05, 0.1) is 13.7 Å². The molecule has 2 N–H and O–H groups in total. The van der Waals surface area contributed by atoms with E-state index in [0.717, 1.165) is 24.6 Å². The van der Waals surface area contributed by atoms with Crippen LogP contribution < -0.4 is 15.2 Å². The van der Waals surface area contributed by atoms with Crippen molar-refractivity contribution in [2.45, 2.75) is 31.8 Å². The highest BCUT2D eigenvalue weighted by molar-refractivity contribution is 5.44. The Balaban J connectivity index is 2.16. The lowest BCUT2D eigenvalue weighted by Crippen LogP contribution is -2.45. The Morgan fingerprint density at radius 2 is 2.00 bits per heavy atom. The average Bonchev–Trinajstić information content (AvgIpc) is 2.57. The van der Waals surface area contributed by atoms with Gasteiger partial charge in [-0.2, -0.15) is 0 Å². The van der Waals surface area contributed by atoms with Crippen molar-refractivity contribution < 1.29 is 9.47 Å². The minimum Gasteiger partial charge on any atom is -0.493 e. The van der Waals surface area contributed by atoms with Crippen LogP contribution in [0.1, 0.15) is 31.4 Å².